The molecule has 1 atom stereocenters. The summed E-state index contributed by atoms with van der Waals surface area (Å²) < 4.78 is 5.39. The number of aliphatic hydroxyl groups is 1. The minimum Gasteiger partial charge on any atom is -0.508 e. The zero-order valence-corrected chi connectivity index (χ0v) is 19.1. The van der Waals surface area contributed by atoms with E-state index in [4.69, 9.17) is 16.3 Å². The molecule has 0 aliphatic carbocycles. The number of aryl methyl sites for hydroxylation is 2. The highest BCUT2D eigenvalue weighted by Crippen LogP contribution is 2.45. The topological polar surface area (TPSA) is 87.1 Å². The number of rotatable bonds is 4. The number of benzene rings is 3. The van der Waals surface area contributed by atoms with Crippen molar-refractivity contribution in [1.29, 1.82) is 0 Å². The van der Waals surface area contributed by atoms with Gasteiger partial charge in [0.15, 0.2) is 0 Å². The van der Waals surface area contributed by atoms with Crippen molar-refractivity contribution in [2.75, 3.05) is 12.0 Å². The van der Waals surface area contributed by atoms with E-state index in [0.29, 0.717) is 11.3 Å². The first-order valence-corrected chi connectivity index (χ1v) is 10.6. The van der Waals surface area contributed by atoms with E-state index in [1.807, 2.05) is 19.1 Å². The molecule has 33 heavy (non-hydrogen) atoms. The zero-order chi connectivity index (χ0) is 23.9. The van der Waals surface area contributed by atoms with E-state index >= 15 is 0 Å². The van der Waals surface area contributed by atoms with Crippen LogP contribution >= 0.6 is 11.6 Å². The number of ketones is 1. The summed E-state index contributed by atoms with van der Waals surface area (Å²) in [4.78, 5) is 27.9. The van der Waals surface area contributed by atoms with Gasteiger partial charge in [-0.3, -0.25) is 14.5 Å². The third-order valence-corrected chi connectivity index (χ3v) is 5.93. The molecule has 6 nitrogen and oxygen atoms in total. The second kappa shape index (κ2) is 8.64. The standard InChI is InChI=1S/C26H22ClNO5/c1-14-11-18(25(33-3)19(27)12-14)23(30)21-22(16-8-6-9-17(29)13-16)28(26(32)24(21)31)20-10-5-4-7-15(20)2/h4-13,22,29-30H,1-3H3/b23-21+. The van der Waals surface area contributed by atoms with Crippen molar-refractivity contribution in [3.8, 4) is 11.5 Å². The fourth-order valence-corrected chi connectivity index (χ4v) is 4.53. The lowest BCUT2D eigenvalue weighted by Crippen LogP contribution is -2.30. The number of amides is 1. The van der Waals surface area contributed by atoms with E-state index in [2.05, 4.69) is 0 Å². The molecule has 1 heterocycles. The maximum Gasteiger partial charge on any atom is 0.300 e. The Labute approximate surface area is 196 Å². The van der Waals surface area contributed by atoms with E-state index in [9.17, 15) is 19.8 Å². The number of carbonyl (C=O) groups excluding carboxylic acids is 2. The van der Waals surface area contributed by atoms with Crippen molar-refractivity contribution in [3.63, 3.8) is 0 Å². The summed E-state index contributed by atoms with van der Waals surface area (Å²) >= 11 is 6.32. The average Bonchev–Trinajstić information content (AvgIpc) is 3.04. The number of anilines is 1. The van der Waals surface area contributed by atoms with Gasteiger partial charge >= 0.3 is 0 Å². The SMILES string of the molecule is COc1c(Cl)cc(C)cc1/C(O)=C1\C(=O)C(=O)N(c2ccccc2C)C1c1cccc(O)c1. The van der Waals surface area contributed by atoms with Crippen molar-refractivity contribution in [2.24, 2.45) is 0 Å². The quantitative estimate of drug-likeness (QED) is 0.311. The summed E-state index contributed by atoms with van der Waals surface area (Å²) in [6.45, 7) is 3.62. The number of phenolic OH excluding ortho intramolecular Hbond substituents is 1. The van der Waals surface area contributed by atoms with E-state index < -0.39 is 23.5 Å². The molecule has 1 saturated heterocycles. The van der Waals surface area contributed by atoms with Crippen molar-refractivity contribution in [1.82, 2.24) is 0 Å². The number of phenols is 1. The van der Waals surface area contributed by atoms with Crippen LogP contribution < -0.4 is 9.64 Å². The Balaban J connectivity index is 2.04. The molecule has 0 aromatic heterocycles. The lowest BCUT2D eigenvalue weighted by Gasteiger charge is -2.27. The van der Waals surface area contributed by atoms with Crippen LogP contribution in [0.15, 0.2) is 66.2 Å². The van der Waals surface area contributed by atoms with E-state index in [1.165, 1.54) is 24.1 Å². The van der Waals surface area contributed by atoms with Crippen LogP contribution in [0.4, 0.5) is 5.69 Å². The minimum atomic E-state index is -0.970. The first kappa shape index (κ1) is 22.4. The number of aromatic hydroxyl groups is 1. The Morgan fingerprint density at radius 3 is 2.42 bits per heavy atom. The highest BCUT2D eigenvalue weighted by molar-refractivity contribution is 6.52. The number of ether oxygens (including phenoxy) is 1. The van der Waals surface area contributed by atoms with Gasteiger partial charge in [0.25, 0.3) is 11.7 Å². The van der Waals surface area contributed by atoms with Crippen LogP contribution in [0.1, 0.15) is 28.3 Å². The fraction of sp³-hybridized carbons (Fsp3) is 0.154. The van der Waals surface area contributed by atoms with Gasteiger partial charge in [0, 0.05) is 5.69 Å². The number of halogens is 1. The van der Waals surface area contributed by atoms with Gasteiger partial charge < -0.3 is 14.9 Å². The van der Waals surface area contributed by atoms with E-state index in [-0.39, 0.29) is 27.7 Å². The number of methoxy groups -OCH3 is 1. The van der Waals surface area contributed by atoms with Crippen LogP contribution in [0, 0.1) is 13.8 Å². The van der Waals surface area contributed by atoms with Crippen LogP contribution in [-0.4, -0.2) is 29.0 Å². The summed E-state index contributed by atoms with van der Waals surface area (Å²) in [5.74, 6) is -1.86. The maximum atomic E-state index is 13.3. The fourth-order valence-electron chi connectivity index (χ4n) is 4.18. The molecule has 0 saturated carbocycles. The predicted octanol–water partition coefficient (Wildman–Crippen LogP) is 5.30. The van der Waals surface area contributed by atoms with Gasteiger partial charge in [-0.05, 0) is 60.9 Å². The van der Waals surface area contributed by atoms with Gasteiger partial charge in [0.05, 0.1) is 29.3 Å². The van der Waals surface area contributed by atoms with Crippen LogP contribution in [-0.2, 0) is 9.59 Å². The molecule has 3 aromatic rings. The highest BCUT2D eigenvalue weighted by atomic mass is 35.5. The average molecular weight is 464 g/mol. The van der Waals surface area contributed by atoms with Crippen molar-refractivity contribution < 1.29 is 24.5 Å². The van der Waals surface area contributed by atoms with Gasteiger partial charge in [-0.2, -0.15) is 0 Å². The number of aliphatic hydroxyl groups excluding tert-OH is 1. The Morgan fingerprint density at radius 2 is 1.76 bits per heavy atom. The van der Waals surface area contributed by atoms with Gasteiger partial charge in [-0.25, -0.2) is 0 Å². The summed E-state index contributed by atoms with van der Waals surface area (Å²) in [5.41, 5.74) is 2.60. The lowest BCUT2D eigenvalue weighted by atomic mass is 9.94. The molecule has 1 amide bonds. The van der Waals surface area contributed by atoms with Crippen molar-refractivity contribution in [2.45, 2.75) is 19.9 Å². The van der Waals surface area contributed by atoms with Crippen LogP contribution in [0.5, 0.6) is 11.5 Å². The van der Waals surface area contributed by atoms with Gasteiger partial charge in [0.1, 0.15) is 17.3 Å². The number of para-hydroxylation sites is 1. The molecule has 4 rings (SSSR count). The largest absolute Gasteiger partial charge is 0.508 e. The third-order valence-electron chi connectivity index (χ3n) is 5.65. The molecule has 1 aliphatic rings. The molecule has 1 unspecified atom stereocenters. The molecular formula is C26H22ClNO5. The maximum absolute atomic E-state index is 13.3. The second-order valence-corrected chi connectivity index (χ2v) is 8.29. The lowest BCUT2D eigenvalue weighted by molar-refractivity contribution is -0.132. The molecule has 1 aliphatic heterocycles. The molecule has 168 valence electrons. The second-order valence-electron chi connectivity index (χ2n) is 7.88. The third kappa shape index (κ3) is 3.83. The predicted molar refractivity (Wildman–Crippen MR) is 127 cm³/mol. The molecule has 2 N–H and O–H groups in total. The normalized spacial score (nSPS) is 17.5. The molecule has 7 heteroatoms. The summed E-state index contributed by atoms with van der Waals surface area (Å²) in [5, 5.41) is 21.8. The number of hydrogen-bond donors (Lipinski definition) is 2. The van der Waals surface area contributed by atoms with Crippen LogP contribution in [0.3, 0.4) is 0 Å². The Kier molecular flexibility index (Phi) is 5.87. The monoisotopic (exact) mass is 463 g/mol. The Bertz CT molecular complexity index is 1310. The zero-order valence-electron chi connectivity index (χ0n) is 18.3. The molecule has 1 fully saturated rings. The number of hydrogen-bond acceptors (Lipinski definition) is 5. The molecule has 0 radical (unpaired) electrons. The molecule has 3 aromatic carbocycles. The van der Waals surface area contributed by atoms with E-state index in [0.717, 1.165) is 11.1 Å². The minimum absolute atomic E-state index is 0.0287. The van der Waals surface area contributed by atoms with Crippen molar-refractivity contribution in [3.05, 3.63) is 93.5 Å². The Hall–Kier alpha value is -3.77. The first-order chi connectivity index (χ1) is 15.7. The number of Topliss-reactive ketones (excluding diaryl/α,β-unsaturated/α-hetero) is 1. The number of nitrogens with zero attached hydrogens (tertiary/aromatic N) is 1. The molecular weight excluding hydrogens is 442 g/mol. The van der Waals surface area contributed by atoms with Crippen LogP contribution in [0.25, 0.3) is 5.76 Å². The Morgan fingerprint density at radius 1 is 1.03 bits per heavy atom. The van der Waals surface area contributed by atoms with E-state index in [1.54, 1.807) is 43.3 Å². The first-order valence-electron chi connectivity index (χ1n) is 10.2. The number of carbonyl (C=O) groups is 2. The summed E-state index contributed by atoms with van der Waals surface area (Å²) in [6, 6.07) is 15.8. The van der Waals surface area contributed by atoms with Gasteiger partial charge in [0.2, 0.25) is 0 Å². The van der Waals surface area contributed by atoms with Crippen molar-refractivity contribution >= 4 is 34.7 Å². The van der Waals surface area contributed by atoms with Gasteiger partial charge in [-0.1, -0.05) is 41.9 Å². The van der Waals surface area contributed by atoms with Gasteiger partial charge in [-0.15, -0.1) is 0 Å². The summed E-state index contributed by atoms with van der Waals surface area (Å²) in [7, 11) is 1.41. The molecule has 0 bridgehead atoms. The smallest absolute Gasteiger partial charge is 0.300 e. The van der Waals surface area contributed by atoms with Crippen LogP contribution in [0.2, 0.25) is 5.02 Å². The highest BCUT2D eigenvalue weighted by Gasteiger charge is 2.47. The summed E-state index contributed by atoms with van der Waals surface area (Å²) in [6.07, 6.45) is 0. The molecule has 0 spiro atoms.